The Balaban J connectivity index is 4.77. The molecule has 0 aromatic carbocycles. The number of carbonyl (C=O) groups excluding carboxylic acids is 3. The van der Waals surface area contributed by atoms with Crippen LogP contribution in [0.2, 0.25) is 0 Å². The maximum Gasteiger partial charge on any atom is 0.472 e. The van der Waals surface area contributed by atoms with Crippen molar-refractivity contribution in [2.24, 2.45) is 0 Å². The third-order valence-corrected chi connectivity index (χ3v) is 14.3. The molecule has 468 valence electrons. The molecule has 0 aliphatic rings. The molecule has 0 saturated carbocycles. The zero-order valence-electron chi connectivity index (χ0n) is 51.9. The molecule has 0 aliphatic heterocycles. The molecule has 0 aromatic rings. The Morgan fingerprint density at radius 2 is 0.634 bits per heavy atom. The van der Waals surface area contributed by atoms with Gasteiger partial charge in [-0.1, -0.05) is 239 Å². The highest BCUT2D eigenvalue weighted by atomic mass is 31.2. The molecule has 0 heterocycles. The van der Waals surface area contributed by atoms with Gasteiger partial charge in [-0.05, 0) is 128 Å². The molecule has 0 amide bonds. The average Bonchev–Trinajstić information content (AvgIpc) is 3.47. The number of hydrogen-bond acceptors (Lipinski definition) is 10. The second kappa shape index (κ2) is 62.9. The van der Waals surface area contributed by atoms with Gasteiger partial charge in [0.05, 0.1) is 19.8 Å². The highest BCUT2D eigenvalue weighted by Gasteiger charge is 2.28. The largest absolute Gasteiger partial charge is 0.472 e. The van der Waals surface area contributed by atoms with Gasteiger partial charge in [0.2, 0.25) is 0 Å². The Labute approximate surface area is 500 Å². The van der Waals surface area contributed by atoms with E-state index in [1.807, 2.05) is 0 Å². The summed E-state index contributed by atoms with van der Waals surface area (Å²) >= 11 is 0. The van der Waals surface area contributed by atoms with Crippen molar-refractivity contribution < 1.29 is 52.2 Å². The molecule has 0 spiro atoms. The summed E-state index contributed by atoms with van der Waals surface area (Å²) in [5, 5.41) is 9.86. The topological polar surface area (TPSA) is 155 Å². The molecule has 82 heavy (non-hydrogen) atoms. The van der Waals surface area contributed by atoms with Gasteiger partial charge in [-0.25, -0.2) is 4.57 Å². The first-order valence-electron chi connectivity index (χ1n) is 32.4. The molecule has 0 aliphatic carbocycles. The van der Waals surface area contributed by atoms with Crippen LogP contribution in [0.1, 0.15) is 265 Å². The lowest BCUT2D eigenvalue weighted by molar-refractivity contribution is -0.161. The molecule has 0 aromatic heterocycles. The monoisotopic (exact) mass is 1160 g/mol. The maximum atomic E-state index is 13.0. The highest BCUT2D eigenvalue weighted by Crippen LogP contribution is 2.43. The van der Waals surface area contributed by atoms with E-state index in [1.54, 1.807) is 0 Å². The van der Waals surface area contributed by atoms with Crippen molar-refractivity contribution in [3.05, 3.63) is 122 Å². The lowest BCUT2D eigenvalue weighted by Crippen LogP contribution is -2.30. The summed E-state index contributed by atoms with van der Waals surface area (Å²) in [4.78, 5) is 48.8. The van der Waals surface area contributed by atoms with Crippen molar-refractivity contribution in [3.63, 3.8) is 0 Å². The fourth-order valence-corrected chi connectivity index (χ4v) is 9.27. The first-order valence-corrected chi connectivity index (χ1v) is 33.9. The van der Waals surface area contributed by atoms with Crippen molar-refractivity contribution >= 4 is 25.7 Å². The molecule has 12 heteroatoms. The lowest BCUT2D eigenvalue weighted by atomic mass is 10.1. The van der Waals surface area contributed by atoms with Crippen molar-refractivity contribution in [1.82, 2.24) is 0 Å². The predicted molar refractivity (Wildman–Crippen MR) is 343 cm³/mol. The van der Waals surface area contributed by atoms with Crippen LogP contribution in [0, 0.1) is 0 Å². The Hall–Kier alpha value is -4.12. The molecule has 0 bridgehead atoms. The molecule has 2 N–H and O–H groups in total. The fraction of sp³-hybridized carbons (Fsp3) is 0.671. The quantitative estimate of drug-likeness (QED) is 0.0197. The number of rotatable bonds is 59. The summed E-state index contributed by atoms with van der Waals surface area (Å²) in [5.41, 5.74) is 0. The second-order valence-corrected chi connectivity index (χ2v) is 22.6. The van der Waals surface area contributed by atoms with Gasteiger partial charge in [-0.2, -0.15) is 0 Å². The van der Waals surface area contributed by atoms with Crippen LogP contribution in [0.3, 0.4) is 0 Å². The number of unbranched alkanes of at least 4 members (excludes halogenated alkanes) is 22. The van der Waals surface area contributed by atoms with E-state index in [1.165, 1.54) is 57.8 Å². The summed E-state index contributed by atoms with van der Waals surface area (Å²) in [5.74, 6) is -1.51. The number of ether oxygens (including phenoxy) is 3. The molecule has 0 rings (SSSR count). The van der Waals surface area contributed by atoms with Gasteiger partial charge in [0, 0.05) is 19.3 Å². The standard InChI is InChI=1S/C70H117O11P/c1-4-7-10-13-16-19-22-25-28-31-33-36-38-41-44-47-50-53-56-59-68(72)77-63-67(81-70(74)61-58-55-52-49-46-43-40-37-34-32-29-26-23-20-17-14-11-8-5-2)65-79-82(75,76)78-64-66(62-71)80-69(73)60-57-54-51-48-45-42-39-35-30-27-24-21-18-15-12-9-6-3/h7,9-10,12,16-21,25-30,33,36,39,42,66-67,71H,4-6,8,11,13-15,22-24,31-32,34-35,37-38,40-41,43-65H2,1-3H3,(H,75,76)/b10-7-,12-9-,19-16-,20-17-,21-18-,28-25-,29-26-,30-27-,36-33-,42-39-. The molecule has 3 atom stereocenters. The van der Waals surface area contributed by atoms with Gasteiger partial charge in [0.1, 0.15) is 12.7 Å². The second-order valence-electron chi connectivity index (χ2n) is 21.2. The van der Waals surface area contributed by atoms with E-state index in [2.05, 4.69) is 142 Å². The van der Waals surface area contributed by atoms with Crippen LogP contribution in [0.4, 0.5) is 0 Å². The SMILES string of the molecule is CC/C=C\C/C=C\C/C=C\C/C=C\CCCCCCCCC(=O)OCC(COP(=O)(O)OCC(CO)OC(=O)CCCCCC/C=C\C/C=C\C/C=C\C/C=C\CC)OC(=O)CCCCCCCCCCC/C=C\C/C=C\CCCCC. The number of hydrogen-bond donors (Lipinski definition) is 2. The van der Waals surface area contributed by atoms with Crippen LogP contribution in [-0.2, 0) is 42.2 Å². The van der Waals surface area contributed by atoms with Gasteiger partial charge in [0.25, 0.3) is 0 Å². The van der Waals surface area contributed by atoms with Gasteiger partial charge in [-0.15, -0.1) is 0 Å². The van der Waals surface area contributed by atoms with Gasteiger partial charge < -0.3 is 24.2 Å². The average molecular weight is 1170 g/mol. The van der Waals surface area contributed by atoms with Crippen LogP contribution in [-0.4, -0.2) is 66.5 Å². The molecule has 11 nitrogen and oxygen atoms in total. The van der Waals surface area contributed by atoms with E-state index in [9.17, 15) is 28.9 Å². The fourth-order valence-electron chi connectivity index (χ4n) is 8.49. The van der Waals surface area contributed by atoms with Crippen LogP contribution >= 0.6 is 7.82 Å². The summed E-state index contributed by atoms with van der Waals surface area (Å²) in [6, 6.07) is 0. The molecular weight excluding hydrogens is 1050 g/mol. The van der Waals surface area contributed by atoms with E-state index < -0.39 is 57.8 Å². The number of phosphoric acid groups is 1. The molecule has 0 saturated heterocycles. The smallest absolute Gasteiger partial charge is 0.462 e. The third-order valence-electron chi connectivity index (χ3n) is 13.3. The van der Waals surface area contributed by atoms with Crippen LogP contribution in [0.25, 0.3) is 0 Å². The number of allylic oxidation sites excluding steroid dienone is 20. The van der Waals surface area contributed by atoms with Gasteiger partial charge >= 0.3 is 25.7 Å². The Morgan fingerprint density at radius 3 is 0.976 bits per heavy atom. The molecular formula is C70H117O11P. The van der Waals surface area contributed by atoms with Gasteiger partial charge in [-0.3, -0.25) is 23.4 Å². The number of esters is 3. The van der Waals surface area contributed by atoms with Crippen LogP contribution in [0.15, 0.2) is 122 Å². The Bertz CT molecular complexity index is 1840. The first kappa shape index (κ1) is 77.9. The molecule has 0 fully saturated rings. The minimum atomic E-state index is -4.77. The summed E-state index contributed by atoms with van der Waals surface area (Å²) in [6.07, 6.45) is 78.5. The van der Waals surface area contributed by atoms with E-state index in [-0.39, 0.29) is 25.9 Å². The number of aliphatic hydroxyl groups excluding tert-OH is 1. The highest BCUT2D eigenvalue weighted by molar-refractivity contribution is 7.47. The van der Waals surface area contributed by atoms with Gasteiger partial charge in [0.15, 0.2) is 6.10 Å². The minimum absolute atomic E-state index is 0.143. The number of phosphoric ester groups is 1. The van der Waals surface area contributed by atoms with Crippen LogP contribution in [0.5, 0.6) is 0 Å². The normalized spacial score (nSPS) is 14.1. The lowest BCUT2D eigenvalue weighted by Gasteiger charge is -2.21. The number of aliphatic hydroxyl groups is 1. The minimum Gasteiger partial charge on any atom is -0.462 e. The zero-order chi connectivity index (χ0) is 59.8. The summed E-state index contributed by atoms with van der Waals surface area (Å²) in [6.45, 7) is 4.36. The molecule has 0 radical (unpaired) electrons. The Morgan fingerprint density at radius 1 is 0.354 bits per heavy atom. The van der Waals surface area contributed by atoms with E-state index >= 15 is 0 Å². The van der Waals surface area contributed by atoms with E-state index in [4.69, 9.17) is 23.3 Å². The first-order chi connectivity index (χ1) is 40.2. The van der Waals surface area contributed by atoms with E-state index in [0.717, 1.165) is 148 Å². The van der Waals surface area contributed by atoms with Crippen molar-refractivity contribution in [2.45, 2.75) is 277 Å². The van der Waals surface area contributed by atoms with Crippen molar-refractivity contribution in [1.29, 1.82) is 0 Å². The third kappa shape index (κ3) is 60.5. The Kier molecular flexibility index (Phi) is 59.8. The predicted octanol–water partition coefficient (Wildman–Crippen LogP) is 19.9. The van der Waals surface area contributed by atoms with Crippen molar-refractivity contribution in [3.8, 4) is 0 Å². The van der Waals surface area contributed by atoms with Crippen LogP contribution < -0.4 is 0 Å². The summed E-state index contributed by atoms with van der Waals surface area (Å²) in [7, 11) is -4.77. The number of carbonyl (C=O) groups is 3. The maximum absolute atomic E-state index is 13.0. The summed E-state index contributed by atoms with van der Waals surface area (Å²) < 4.78 is 39.7. The zero-order valence-corrected chi connectivity index (χ0v) is 52.8. The molecule has 3 unspecified atom stereocenters. The van der Waals surface area contributed by atoms with E-state index in [0.29, 0.717) is 19.3 Å². The van der Waals surface area contributed by atoms with Crippen molar-refractivity contribution in [2.75, 3.05) is 26.4 Å².